The Hall–Kier alpha value is -0.730. The Balaban J connectivity index is 1.93. The van der Waals surface area contributed by atoms with Crippen molar-refractivity contribution in [3.05, 3.63) is 28.8 Å². The highest BCUT2D eigenvalue weighted by Gasteiger charge is 2.43. The van der Waals surface area contributed by atoms with Crippen LogP contribution in [0.1, 0.15) is 50.7 Å². The fraction of sp³-hybridized carbons (Fsp3) is 0.600. The molecule has 0 saturated heterocycles. The second kappa shape index (κ2) is 4.43. The zero-order valence-electron chi connectivity index (χ0n) is 10.7. The van der Waals surface area contributed by atoms with Gasteiger partial charge >= 0.3 is 0 Å². The highest BCUT2D eigenvalue weighted by Crippen LogP contribution is 2.47. The van der Waals surface area contributed by atoms with Gasteiger partial charge in [-0.15, -0.1) is 0 Å². The van der Waals surface area contributed by atoms with Gasteiger partial charge in [0.15, 0.2) is 0 Å². The topological polar surface area (TPSA) is 29.5 Å². The van der Waals surface area contributed by atoms with Crippen LogP contribution in [0.3, 0.4) is 0 Å². The first-order valence-corrected chi connectivity index (χ1v) is 7.12. The Morgan fingerprint density at radius 3 is 3.00 bits per heavy atom. The lowest BCUT2D eigenvalue weighted by molar-refractivity contribution is -0.0495. The first-order chi connectivity index (χ1) is 8.58. The van der Waals surface area contributed by atoms with Crippen LogP contribution in [-0.2, 0) is 0 Å². The number of hydrogen-bond donors (Lipinski definition) is 1. The fourth-order valence-electron chi connectivity index (χ4n) is 3.50. The quantitative estimate of drug-likeness (QED) is 0.766. The summed E-state index contributed by atoms with van der Waals surface area (Å²) >= 11 is 5.98. The number of aliphatic hydroxyl groups excluding tert-OH is 1. The van der Waals surface area contributed by atoms with E-state index in [1.54, 1.807) is 0 Å². The number of rotatable bonds is 0. The number of halogens is 1. The SMILES string of the molecule is CC1CCCC2(C1)C[C@@H](O)c1cc(Cl)ccc1O2. The Morgan fingerprint density at radius 1 is 1.39 bits per heavy atom. The van der Waals surface area contributed by atoms with E-state index >= 15 is 0 Å². The van der Waals surface area contributed by atoms with E-state index in [1.807, 2.05) is 18.2 Å². The zero-order valence-corrected chi connectivity index (χ0v) is 11.4. The van der Waals surface area contributed by atoms with Crippen molar-refractivity contribution in [1.82, 2.24) is 0 Å². The third-order valence-electron chi connectivity index (χ3n) is 4.27. The Labute approximate surface area is 113 Å². The molecule has 0 radical (unpaired) electrons. The molecule has 3 rings (SSSR count). The molecule has 18 heavy (non-hydrogen) atoms. The molecule has 1 aromatic carbocycles. The van der Waals surface area contributed by atoms with Crippen LogP contribution >= 0.6 is 11.6 Å². The summed E-state index contributed by atoms with van der Waals surface area (Å²) < 4.78 is 6.24. The first-order valence-electron chi connectivity index (χ1n) is 6.74. The maximum Gasteiger partial charge on any atom is 0.126 e. The van der Waals surface area contributed by atoms with Crippen LogP contribution in [-0.4, -0.2) is 10.7 Å². The average Bonchev–Trinajstić information content (AvgIpc) is 2.30. The monoisotopic (exact) mass is 266 g/mol. The van der Waals surface area contributed by atoms with Gasteiger partial charge in [-0.25, -0.2) is 0 Å². The van der Waals surface area contributed by atoms with E-state index in [4.69, 9.17) is 16.3 Å². The van der Waals surface area contributed by atoms with Crippen LogP contribution in [0.15, 0.2) is 18.2 Å². The molecule has 3 atom stereocenters. The number of fused-ring (bicyclic) bond motifs is 1. The Kier molecular flexibility index (Phi) is 3.03. The van der Waals surface area contributed by atoms with Gasteiger partial charge in [-0.3, -0.25) is 0 Å². The van der Waals surface area contributed by atoms with Crippen LogP contribution in [0.5, 0.6) is 5.75 Å². The smallest absolute Gasteiger partial charge is 0.126 e. The lowest BCUT2D eigenvalue weighted by Crippen LogP contribution is -2.44. The summed E-state index contributed by atoms with van der Waals surface area (Å²) in [5, 5.41) is 11.0. The number of ether oxygens (including phenoxy) is 1. The van der Waals surface area contributed by atoms with Gasteiger partial charge in [0.05, 0.1) is 6.10 Å². The van der Waals surface area contributed by atoms with Crippen LogP contribution in [0.25, 0.3) is 0 Å². The van der Waals surface area contributed by atoms with Gasteiger partial charge in [-0.05, 0) is 43.4 Å². The normalized spacial score (nSPS) is 35.1. The number of aliphatic hydroxyl groups is 1. The van der Waals surface area contributed by atoms with Crippen molar-refractivity contribution >= 4 is 11.6 Å². The second-order valence-corrected chi connectivity index (χ2v) is 6.33. The van der Waals surface area contributed by atoms with E-state index in [2.05, 4.69) is 6.92 Å². The minimum atomic E-state index is -0.447. The highest BCUT2D eigenvalue weighted by molar-refractivity contribution is 6.30. The van der Waals surface area contributed by atoms with Gasteiger partial charge in [-0.2, -0.15) is 0 Å². The molecule has 0 amide bonds. The molecule has 3 heteroatoms. The van der Waals surface area contributed by atoms with Gasteiger partial charge < -0.3 is 9.84 Å². The van der Waals surface area contributed by atoms with Gasteiger partial charge in [0.1, 0.15) is 11.4 Å². The van der Waals surface area contributed by atoms with Crippen LogP contribution < -0.4 is 4.74 Å². The van der Waals surface area contributed by atoms with Crippen molar-refractivity contribution in [1.29, 1.82) is 0 Å². The van der Waals surface area contributed by atoms with Crippen LogP contribution in [0, 0.1) is 5.92 Å². The molecule has 1 spiro atoms. The molecular formula is C15H19ClO2. The molecule has 2 aliphatic rings. The van der Waals surface area contributed by atoms with Gasteiger partial charge in [0.25, 0.3) is 0 Å². The van der Waals surface area contributed by atoms with Crippen molar-refractivity contribution in [3.63, 3.8) is 0 Å². The number of benzene rings is 1. The molecule has 1 heterocycles. The molecule has 1 fully saturated rings. The van der Waals surface area contributed by atoms with Crippen molar-refractivity contribution in [2.45, 2.75) is 50.7 Å². The summed E-state index contributed by atoms with van der Waals surface area (Å²) in [6.07, 6.45) is 4.82. The summed E-state index contributed by atoms with van der Waals surface area (Å²) in [6, 6.07) is 5.54. The van der Waals surface area contributed by atoms with Crippen molar-refractivity contribution in [2.75, 3.05) is 0 Å². The summed E-state index contributed by atoms with van der Waals surface area (Å²) in [4.78, 5) is 0. The van der Waals surface area contributed by atoms with E-state index in [-0.39, 0.29) is 5.60 Å². The lowest BCUT2D eigenvalue weighted by atomic mass is 9.74. The standard InChI is InChI=1S/C15H19ClO2/c1-10-3-2-6-15(8-10)9-13(17)12-7-11(16)4-5-14(12)18-15/h4-5,7,10,13,17H,2-3,6,8-9H2,1H3/t10?,13-,15?/m1/s1. The van der Waals surface area contributed by atoms with E-state index in [9.17, 15) is 5.11 Å². The average molecular weight is 267 g/mol. The van der Waals surface area contributed by atoms with Crippen molar-refractivity contribution in [2.24, 2.45) is 5.92 Å². The fourth-order valence-corrected chi connectivity index (χ4v) is 3.68. The number of hydrogen-bond acceptors (Lipinski definition) is 2. The minimum Gasteiger partial charge on any atom is -0.487 e. The van der Waals surface area contributed by atoms with Gasteiger partial charge in [0.2, 0.25) is 0 Å². The molecule has 1 aromatic rings. The van der Waals surface area contributed by atoms with E-state index in [1.165, 1.54) is 12.8 Å². The molecule has 1 saturated carbocycles. The van der Waals surface area contributed by atoms with Crippen molar-refractivity contribution < 1.29 is 9.84 Å². The summed E-state index contributed by atoms with van der Waals surface area (Å²) in [6.45, 7) is 2.27. The lowest BCUT2D eigenvalue weighted by Gasteiger charge is -2.45. The third kappa shape index (κ3) is 2.12. The van der Waals surface area contributed by atoms with Crippen molar-refractivity contribution in [3.8, 4) is 5.75 Å². The molecule has 0 bridgehead atoms. The van der Waals surface area contributed by atoms with E-state index in [0.717, 1.165) is 24.2 Å². The van der Waals surface area contributed by atoms with E-state index in [0.29, 0.717) is 17.4 Å². The second-order valence-electron chi connectivity index (χ2n) is 5.89. The summed E-state index contributed by atoms with van der Waals surface area (Å²) in [5.74, 6) is 1.49. The predicted octanol–water partition coefficient (Wildman–Crippen LogP) is 4.10. The van der Waals surface area contributed by atoms with Gasteiger partial charge in [-0.1, -0.05) is 24.9 Å². The Bertz CT molecular complexity index is 460. The Morgan fingerprint density at radius 2 is 2.22 bits per heavy atom. The molecule has 1 aliphatic carbocycles. The van der Waals surface area contributed by atoms with Gasteiger partial charge in [0, 0.05) is 17.0 Å². The maximum atomic E-state index is 10.4. The molecule has 2 unspecified atom stereocenters. The molecule has 2 nitrogen and oxygen atoms in total. The molecule has 0 aromatic heterocycles. The van der Waals surface area contributed by atoms with Crippen LogP contribution in [0.2, 0.25) is 5.02 Å². The summed E-state index contributed by atoms with van der Waals surface area (Å²) in [7, 11) is 0. The molecule has 1 aliphatic heterocycles. The maximum absolute atomic E-state index is 10.4. The predicted molar refractivity (Wildman–Crippen MR) is 72.0 cm³/mol. The largest absolute Gasteiger partial charge is 0.487 e. The molecule has 1 N–H and O–H groups in total. The molecular weight excluding hydrogens is 248 g/mol. The van der Waals surface area contributed by atoms with E-state index < -0.39 is 6.10 Å². The summed E-state index contributed by atoms with van der Waals surface area (Å²) in [5.41, 5.74) is 0.684. The molecule has 98 valence electrons. The minimum absolute atomic E-state index is 0.155. The zero-order chi connectivity index (χ0) is 12.8. The highest BCUT2D eigenvalue weighted by atomic mass is 35.5. The third-order valence-corrected chi connectivity index (χ3v) is 4.51. The first kappa shape index (κ1) is 12.3. The van der Waals surface area contributed by atoms with Crippen LogP contribution in [0.4, 0.5) is 0 Å².